The minimum atomic E-state index is -4.38. The van der Waals surface area contributed by atoms with Crippen molar-refractivity contribution >= 4 is 26.8 Å². The molecule has 1 saturated heterocycles. The lowest BCUT2D eigenvalue weighted by molar-refractivity contribution is -0.133. The number of sulfonamides is 1. The first-order valence-electron chi connectivity index (χ1n) is 9.45. The molecule has 2 aromatic carbocycles. The molecule has 0 spiro atoms. The van der Waals surface area contributed by atoms with E-state index in [1.807, 2.05) is 0 Å². The number of nitrogens with zero attached hydrogens (tertiary/aromatic N) is 4. The molecule has 4 rings (SSSR count). The molecule has 1 amide bonds. The van der Waals surface area contributed by atoms with Crippen molar-refractivity contribution in [3.8, 4) is 0 Å². The summed E-state index contributed by atoms with van der Waals surface area (Å²) < 4.78 is 55.3. The number of fused-ring (bicyclic) bond motifs is 1. The molecule has 162 valence electrons. The fourth-order valence-electron chi connectivity index (χ4n) is 3.50. The van der Waals surface area contributed by atoms with Crippen molar-refractivity contribution in [1.29, 1.82) is 0 Å². The average Bonchev–Trinajstić information content (AvgIpc) is 2.75. The number of hydrogen-bond donors (Lipinski definition) is 0. The molecule has 8 nitrogen and oxygen atoms in total. The fraction of sp³-hybridized carbons (Fsp3) is 0.250. The number of carbonyl (C=O) groups is 1. The second kappa shape index (κ2) is 8.16. The van der Waals surface area contributed by atoms with Gasteiger partial charge < -0.3 is 4.90 Å². The maximum atomic E-state index is 13.9. The van der Waals surface area contributed by atoms with Crippen LogP contribution in [0.1, 0.15) is 0 Å². The van der Waals surface area contributed by atoms with Crippen LogP contribution in [0, 0.1) is 11.6 Å². The van der Waals surface area contributed by atoms with Crippen LogP contribution in [-0.2, 0) is 21.4 Å². The molecule has 31 heavy (non-hydrogen) atoms. The van der Waals surface area contributed by atoms with E-state index in [2.05, 4.69) is 4.98 Å². The number of aromatic nitrogens is 2. The van der Waals surface area contributed by atoms with Gasteiger partial charge in [0, 0.05) is 26.2 Å². The van der Waals surface area contributed by atoms with E-state index >= 15 is 0 Å². The average molecular weight is 448 g/mol. The molecule has 1 aromatic heterocycles. The Morgan fingerprint density at radius 1 is 0.968 bits per heavy atom. The highest BCUT2D eigenvalue weighted by atomic mass is 32.2. The van der Waals surface area contributed by atoms with Crippen LogP contribution in [0.3, 0.4) is 0 Å². The molecule has 0 atom stereocenters. The lowest BCUT2D eigenvalue weighted by atomic mass is 10.2. The zero-order valence-electron chi connectivity index (χ0n) is 16.2. The molecular formula is C20H18F2N4O4S. The Hall–Kier alpha value is -3.18. The molecule has 1 aliphatic heterocycles. The van der Waals surface area contributed by atoms with Gasteiger partial charge in [0.25, 0.3) is 5.56 Å². The maximum Gasteiger partial charge on any atom is 0.261 e. The van der Waals surface area contributed by atoms with E-state index in [9.17, 15) is 26.8 Å². The summed E-state index contributed by atoms with van der Waals surface area (Å²) >= 11 is 0. The Bertz CT molecular complexity index is 1300. The summed E-state index contributed by atoms with van der Waals surface area (Å²) in [5, 5.41) is 0.389. The number of para-hydroxylation sites is 1. The molecule has 0 bridgehead atoms. The highest BCUT2D eigenvalue weighted by Crippen LogP contribution is 2.23. The maximum absolute atomic E-state index is 13.9. The SMILES string of the molecule is O=C(Cn1cnc2ccccc2c1=O)N1CCN(S(=O)(=O)c2c(F)cccc2F)CC1. The molecule has 1 fully saturated rings. The summed E-state index contributed by atoms with van der Waals surface area (Å²) in [4.78, 5) is 29.8. The Kier molecular flexibility index (Phi) is 5.54. The second-order valence-electron chi connectivity index (χ2n) is 7.03. The molecule has 11 heteroatoms. The molecule has 1 aliphatic rings. The van der Waals surface area contributed by atoms with E-state index in [1.54, 1.807) is 24.3 Å². The standard InChI is InChI=1S/C20H18F2N4O4S/c21-15-5-3-6-16(22)19(15)31(29,30)26-10-8-24(9-11-26)18(27)12-25-13-23-17-7-2-1-4-14(17)20(25)28/h1-7,13H,8-12H2. The first-order chi connectivity index (χ1) is 14.8. The van der Waals surface area contributed by atoms with Crippen LogP contribution in [-0.4, -0.2) is 59.3 Å². The van der Waals surface area contributed by atoms with Crippen LogP contribution in [0.15, 0.2) is 58.5 Å². The van der Waals surface area contributed by atoms with E-state index in [0.717, 1.165) is 22.5 Å². The Morgan fingerprint density at radius 2 is 1.61 bits per heavy atom. The molecule has 0 radical (unpaired) electrons. The zero-order valence-corrected chi connectivity index (χ0v) is 17.1. The van der Waals surface area contributed by atoms with Gasteiger partial charge in [0.1, 0.15) is 18.2 Å². The van der Waals surface area contributed by atoms with Crippen molar-refractivity contribution in [3.05, 3.63) is 70.8 Å². The third kappa shape index (κ3) is 3.93. The molecular weight excluding hydrogens is 430 g/mol. The van der Waals surface area contributed by atoms with Gasteiger partial charge in [0.2, 0.25) is 15.9 Å². The van der Waals surface area contributed by atoms with Gasteiger partial charge in [-0.3, -0.25) is 14.2 Å². The highest BCUT2D eigenvalue weighted by molar-refractivity contribution is 7.89. The van der Waals surface area contributed by atoms with E-state index in [0.29, 0.717) is 10.9 Å². The van der Waals surface area contributed by atoms with Gasteiger partial charge in [-0.15, -0.1) is 0 Å². The number of halogens is 2. The summed E-state index contributed by atoms with van der Waals surface area (Å²) in [5.41, 5.74) is 0.172. The smallest absolute Gasteiger partial charge is 0.261 e. The summed E-state index contributed by atoms with van der Waals surface area (Å²) in [6.07, 6.45) is 1.30. The number of piperazine rings is 1. The third-order valence-corrected chi connectivity index (χ3v) is 7.10. The summed E-state index contributed by atoms with van der Waals surface area (Å²) in [6.45, 7) is -0.418. The van der Waals surface area contributed by atoms with Crippen molar-refractivity contribution in [2.24, 2.45) is 0 Å². The predicted octanol–water partition coefficient (Wildman–Crippen LogP) is 1.21. The first kappa shape index (κ1) is 21.1. The minimum absolute atomic E-state index is 0.0316. The molecule has 0 N–H and O–H groups in total. The van der Waals surface area contributed by atoms with Crippen LogP contribution in [0.25, 0.3) is 10.9 Å². The quantitative estimate of drug-likeness (QED) is 0.598. The van der Waals surface area contributed by atoms with Crippen molar-refractivity contribution in [2.45, 2.75) is 11.4 Å². The first-order valence-corrected chi connectivity index (χ1v) is 10.9. The van der Waals surface area contributed by atoms with Crippen molar-refractivity contribution < 1.29 is 22.0 Å². The van der Waals surface area contributed by atoms with Crippen LogP contribution in [0.4, 0.5) is 8.78 Å². The predicted molar refractivity (Wildman–Crippen MR) is 108 cm³/mol. The van der Waals surface area contributed by atoms with Crippen molar-refractivity contribution in [3.63, 3.8) is 0 Å². The number of benzene rings is 2. The number of hydrogen-bond acceptors (Lipinski definition) is 5. The van der Waals surface area contributed by atoms with Gasteiger partial charge in [-0.1, -0.05) is 18.2 Å². The van der Waals surface area contributed by atoms with E-state index < -0.39 is 26.6 Å². The van der Waals surface area contributed by atoms with Gasteiger partial charge >= 0.3 is 0 Å². The minimum Gasteiger partial charge on any atom is -0.338 e. The molecule has 2 heterocycles. The largest absolute Gasteiger partial charge is 0.338 e. The Morgan fingerprint density at radius 3 is 2.29 bits per heavy atom. The third-order valence-electron chi connectivity index (χ3n) is 5.15. The van der Waals surface area contributed by atoms with Gasteiger partial charge in [0.15, 0.2) is 4.90 Å². The van der Waals surface area contributed by atoms with Gasteiger partial charge in [-0.05, 0) is 24.3 Å². The highest BCUT2D eigenvalue weighted by Gasteiger charge is 2.34. The summed E-state index contributed by atoms with van der Waals surface area (Å²) in [5.74, 6) is -2.71. The molecule has 0 saturated carbocycles. The number of rotatable bonds is 4. The molecule has 0 unspecified atom stereocenters. The van der Waals surface area contributed by atoms with Gasteiger partial charge in [-0.2, -0.15) is 4.31 Å². The lowest BCUT2D eigenvalue weighted by Gasteiger charge is -2.34. The van der Waals surface area contributed by atoms with Gasteiger partial charge in [0.05, 0.1) is 17.2 Å². The van der Waals surface area contributed by atoms with E-state index in [4.69, 9.17) is 0 Å². The Balaban J connectivity index is 1.46. The zero-order chi connectivity index (χ0) is 22.2. The monoisotopic (exact) mass is 448 g/mol. The van der Waals surface area contributed by atoms with Crippen molar-refractivity contribution in [2.75, 3.05) is 26.2 Å². The summed E-state index contributed by atoms with van der Waals surface area (Å²) in [7, 11) is -4.38. The number of carbonyl (C=O) groups excluding carboxylic acids is 1. The Labute approximate surface area is 176 Å². The lowest BCUT2D eigenvalue weighted by Crippen LogP contribution is -2.51. The van der Waals surface area contributed by atoms with Crippen LogP contribution in [0.2, 0.25) is 0 Å². The molecule has 3 aromatic rings. The van der Waals surface area contributed by atoms with E-state index in [-0.39, 0.29) is 44.2 Å². The van der Waals surface area contributed by atoms with Crippen LogP contribution < -0.4 is 5.56 Å². The second-order valence-corrected chi connectivity index (χ2v) is 8.91. The number of amides is 1. The van der Waals surface area contributed by atoms with Crippen LogP contribution >= 0.6 is 0 Å². The van der Waals surface area contributed by atoms with E-state index in [1.165, 1.54) is 15.8 Å². The summed E-state index contributed by atoms with van der Waals surface area (Å²) in [6, 6.07) is 9.62. The van der Waals surface area contributed by atoms with Crippen LogP contribution in [0.5, 0.6) is 0 Å². The molecule has 0 aliphatic carbocycles. The van der Waals surface area contributed by atoms with Gasteiger partial charge in [-0.25, -0.2) is 22.2 Å². The fourth-order valence-corrected chi connectivity index (χ4v) is 5.03. The topological polar surface area (TPSA) is 92.6 Å². The normalized spacial score (nSPS) is 15.4. The van der Waals surface area contributed by atoms with Crippen molar-refractivity contribution in [1.82, 2.24) is 18.8 Å².